The molecule has 1 aromatic carbocycles. The maximum atomic E-state index is 10.2. The molecule has 0 aliphatic rings. The number of benzene rings is 1. The van der Waals surface area contributed by atoms with E-state index in [0.717, 1.165) is 0 Å². The lowest BCUT2D eigenvalue weighted by Crippen LogP contribution is -2.14. The molecule has 1 atom stereocenters. The Kier molecular flexibility index (Phi) is 3.04. The summed E-state index contributed by atoms with van der Waals surface area (Å²) in [5, 5.41) is 2.88. The van der Waals surface area contributed by atoms with Crippen molar-refractivity contribution in [2.45, 2.75) is 33.6 Å². The van der Waals surface area contributed by atoms with Crippen LogP contribution in [0.4, 0.5) is 5.69 Å². The van der Waals surface area contributed by atoms with Crippen LogP contribution in [0, 0.1) is 10.3 Å². The molecule has 1 unspecified atom stereocenters. The van der Waals surface area contributed by atoms with E-state index in [4.69, 9.17) is 0 Å². The summed E-state index contributed by atoms with van der Waals surface area (Å²) in [5.41, 5.74) is 2.00. The fraction of sp³-hybridized carbons (Fsp3) is 0.500. The summed E-state index contributed by atoms with van der Waals surface area (Å²) in [5.74, 6) is 0.475. The van der Waals surface area contributed by atoms with Crippen molar-refractivity contribution >= 4 is 5.69 Å². The first-order valence-electron chi connectivity index (χ1n) is 4.88. The SMILES string of the molecule is CC(c1ccc(N=O)cc1)C(C)(C)C. The van der Waals surface area contributed by atoms with E-state index in [9.17, 15) is 4.91 Å². The van der Waals surface area contributed by atoms with Crippen molar-refractivity contribution in [1.29, 1.82) is 0 Å². The fourth-order valence-corrected chi connectivity index (χ4v) is 1.32. The molecule has 14 heavy (non-hydrogen) atoms. The summed E-state index contributed by atoms with van der Waals surface area (Å²) in [6.45, 7) is 8.83. The molecule has 0 bridgehead atoms. The summed E-state index contributed by atoms with van der Waals surface area (Å²) in [6.07, 6.45) is 0. The first kappa shape index (κ1) is 10.9. The molecular formula is C12H17NO. The van der Waals surface area contributed by atoms with Crippen LogP contribution in [0.1, 0.15) is 39.2 Å². The zero-order chi connectivity index (χ0) is 10.8. The van der Waals surface area contributed by atoms with Gasteiger partial charge in [0.25, 0.3) is 0 Å². The van der Waals surface area contributed by atoms with Gasteiger partial charge >= 0.3 is 0 Å². The molecule has 0 radical (unpaired) electrons. The zero-order valence-corrected chi connectivity index (χ0v) is 9.24. The molecule has 0 spiro atoms. The summed E-state index contributed by atoms with van der Waals surface area (Å²) >= 11 is 0. The van der Waals surface area contributed by atoms with Gasteiger partial charge in [0, 0.05) is 0 Å². The second kappa shape index (κ2) is 3.91. The minimum Gasteiger partial charge on any atom is -0.145 e. The molecular weight excluding hydrogens is 174 g/mol. The molecule has 0 N–H and O–H groups in total. The standard InChI is InChI=1S/C12H17NO/c1-9(12(2,3)4)10-5-7-11(13-14)8-6-10/h5-9H,1-4H3. The lowest BCUT2D eigenvalue weighted by atomic mass is 9.78. The Bertz CT molecular complexity index is 308. The van der Waals surface area contributed by atoms with Gasteiger partial charge in [0.05, 0.1) is 0 Å². The lowest BCUT2D eigenvalue weighted by Gasteiger charge is -2.27. The molecule has 0 fully saturated rings. The molecule has 2 heteroatoms. The van der Waals surface area contributed by atoms with Crippen molar-refractivity contribution < 1.29 is 0 Å². The molecule has 1 aromatic rings. The van der Waals surface area contributed by atoms with Crippen LogP contribution >= 0.6 is 0 Å². The molecule has 0 saturated carbocycles. The van der Waals surface area contributed by atoms with Crippen molar-refractivity contribution in [3.05, 3.63) is 34.7 Å². The van der Waals surface area contributed by atoms with Crippen LogP contribution in [0.5, 0.6) is 0 Å². The Morgan fingerprint density at radius 2 is 1.64 bits per heavy atom. The van der Waals surface area contributed by atoms with Gasteiger partial charge in [-0.2, -0.15) is 0 Å². The summed E-state index contributed by atoms with van der Waals surface area (Å²) < 4.78 is 0. The maximum absolute atomic E-state index is 10.2. The predicted molar refractivity (Wildman–Crippen MR) is 59.8 cm³/mol. The minimum absolute atomic E-state index is 0.246. The van der Waals surface area contributed by atoms with Gasteiger partial charge in [-0.3, -0.25) is 0 Å². The monoisotopic (exact) mass is 191 g/mol. The lowest BCUT2D eigenvalue weighted by molar-refractivity contribution is 0.339. The summed E-state index contributed by atoms with van der Waals surface area (Å²) in [7, 11) is 0. The van der Waals surface area contributed by atoms with E-state index in [2.05, 4.69) is 32.9 Å². The summed E-state index contributed by atoms with van der Waals surface area (Å²) in [4.78, 5) is 10.2. The quantitative estimate of drug-likeness (QED) is 0.643. The fourth-order valence-electron chi connectivity index (χ4n) is 1.32. The minimum atomic E-state index is 0.246. The Labute approximate surface area is 85.3 Å². The van der Waals surface area contributed by atoms with Gasteiger partial charge in [0.2, 0.25) is 0 Å². The van der Waals surface area contributed by atoms with Gasteiger partial charge in [0.15, 0.2) is 0 Å². The van der Waals surface area contributed by atoms with Crippen LogP contribution < -0.4 is 0 Å². The number of nitroso groups, excluding NO2 is 1. The van der Waals surface area contributed by atoms with E-state index in [-0.39, 0.29) is 5.41 Å². The molecule has 1 rings (SSSR count). The number of hydrogen-bond donors (Lipinski definition) is 0. The van der Waals surface area contributed by atoms with Crippen LogP contribution in [-0.2, 0) is 0 Å². The van der Waals surface area contributed by atoms with Gasteiger partial charge in [-0.1, -0.05) is 39.8 Å². The third-order valence-corrected chi connectivity index (χ3v) is 2.80. The highest BCUT2D eigenvalue weighted by Crippen LogP contribution is 2.34. The number of rotatable bonds is 2. The molecule has 0 heterocycles. The molecule has 0 amide bonds. The highest BCUT2D eigenvalue weighted by atomic mass is 16.3. The van der Waals surface area contributed by atoms with Gasteiger partial charge in [-0.15, -0.1) is 4.91 Å². The van der Waals surface area contributed by atoms with Crippen molar-refractivity contribution in [2.75, 3.05) is 0 Å². The van der Waals surface area contributed by atoms with Gasteiger partial charge in [0.1, 0.15) is 5.69 Å². The van der Waals surface area contributed by atoms with Crippen LogP contribution in [-0.4, -0.2) is 0 Å². The van der Waals surface area contributed by atoms with Crippen LogP contribution in [0.25, 0.3) is 0 Å². The van der Waals surface area contributed by atoms with Gasteiger partial charge in [-0.05, 0) is 34.2 Å². The average molecular weight is 191 g/mol. The van der Waals surface area contributed by atoms with Crippen LogP contribution in [0.15, 0.2) is 29.4 Å². The normalized spacial score (nSPS) is 13.7. The Hall–Kier alpha value is -1.18. The zero-order valence-electron chi connectivity index (χ0n) is 9.24. The number of hydrogen-bond acceptors (Lipinski definition) is 2. The second-order valence-electron chi connectivity index (χ2n) is 4.77. The number of nitrogens with zero attached hydrogens (tertiary/aromatic N) is 1. The van der Waals surface area contributed by atoms with Crippen molar-refractivity contribution in [2.24, 2.45) is 10.6 Å². The third kappa shape index (κ3) is 2.41. The van der Waals surface area contributed by atoms with Crippen LogP contribution in [0.2, 0.25) is 0 Å². The van der Waals surface area contributed by atoms with Gasteiger partial charge < -0.3 is 0 Å². The Balaban J connectivity index is 2.92. The highest BCUT2D eigenvalue weighted by molar-refractivity contribution is 5.39. The first-order chi connectivity index (χ1) is 6.45. The van der Waals surface area contributed by atoms with Gasteiger partial charge in [-0.25, -0.2) is 0 Å². The third-order valence-electron chi connectivity index (χ3n) is 2.80. The first-order valence-corrected chi connectivity index (χ1v) is 4.88. The van der Waals surface area contributed by atoms with Crippen molar-refractivity contribution in [3.8, 4) is 0 Å². The molecule has 0 saturated heterocycles. The predicted octanol–water partition coefficient (Wildman–Crippen LogP) is 4.23. The molecule has 0 aliphatic carbocycles. The topological polar surface area (TPSA) is 29.4 Å². The Morgan fingerprint density at radius 3 is 2.00 bits per heavy atom. The molecule has 2 nitrogen and oxygen atoms in total. The maximum Gasteiger partial charge on any atom is 0.108 e. The molecule has 0 aromatic heterocycles. The molecule has 76 valence electrons. The Morgan fingerprint density at radius 1 is 1.14 bits per heavy atom. The highest BCUT2D eigenvalue weighted by Gasteiger charge is 2.21. The van der Waals surface area contributed by atoms with E-state index in [1.165, 1.54) is 5.56 Å². The van der Waals surface area contributed by atoms with E-state index < -0.39 is 0 Å². The molecule has 0 aliphatic heterocycles. The average Bonchev–Trinajstić information content (AvgIpc) is 2.15. The van der Waals surface area contributed by atoms with E-state index in [1.54, 1.807) is 12.1 Å². The second-order valence-corrected chi connectivity index (χ2v) is 4.77. The van der Waals surface area contributed by atoms with E-state index >= 15 is 0 Å². The summed E-state index contributed by atoms with van der Waals surface area (Å²) in [6, 6.07) is 7.49. The van der Waals surface area contributed by atoms with E-state index in [0.29, 0.717) is 11.6 Å². The largest absolute Gasteiger partial charge is 0.145 e. The van der Waals surface area contributed by atoms with Crippen LogP contribution in [0.3, 0.4) is 0 Å². The van der Waals surface area contributed by atoms with Crippen molar-refractivity contribution in [1.82, 2.24) is 0 Å². The van der Waals surface area contributed by atoms with E-state index in [1.807, 2.05) is 12.1 Å². The van der Waals surface area contributed by atoms with Crippen molar-refractivity contribution in [3.63, 3.8) is 0 Å². The smallest absolute Gasteiger partial charge is 0.108 e.